The Kier molecular flexibility index (Phi) is 8.09. The molecule has 1 aromatic heterocycles. The highest BCUT2D eigenvalue weighted by atomic mass is 19.3. The summed E-state index contributed by atoms with van der Waals surface area (Å²) in [5.41, 5.74) is 2.59. The number of alkyl halides is 2. The fourth-order valence-corrected chi connectivity index (χ4v) is 5.24. The van der Waals surface area contributed by atoms with Gasteiger partial charge in [0.1, 0.15) is 25.1 Å². The minimum Gasteiger partial charge on any atom is -0.486 e. The lowest BCUT2D eigenvalue weighted by Gasteiger charge is -2.28. The molecule has 230 valence electrons. The largest absolute Gasteiger partial charge is 0.486 e. The minimum atomic E-state index is -3.55. The van der Waals surface area contributed by atoms with Gasteiger partial charge in [-0.2, -0.15) is 13.9 Å². The van der Waals surface area contributed by atoms with Crippen molar-refractivity contribution in [2.75, 3.05) is 26.4 Å². The predicted molar refractivity (Wildman–Crippen MR) is 157 cm³/mol. The highest BCUT2D eigenvalue weighted by Gasteiger charge is 2.35. The maximum absolute atomic E-state index is 13.7. The van der Waals surface area contributed by atoms with Gasteiger partial charge in [0.2, 0.25) is 0 Å². The molecule has 0 aliphatic carbocycles. The second kappa shape index (κ2) is 12.1. The van der Waals surface area contributed by atoms with Crippen molar-refractivity contribution in [2.45, 2.75) is 44.4 Å². The van der Waals surface area contributed by atoms with Crippen LogP contribution >= 0.6 is 0 Å². The number of rotatable bonds is 9. The Morgan fingerprint density at radius 2 is 1.86 bits per heavy atom. The van der Waals surface area contributed by atoms with Gasteiger partial charge >= 0.3 is 5.92 Å². The molecule has 0 bridgehead atoms. The number of fused-ring (bicyclic) bond motifs is 2. The van der Waals surface area contributed by atoms with E-state index in [2.05, 4.69) is 15.7 Å². The molecule has 44 heavy (non-hydrogen) atoms. The molecule has 2 amide bonds. The lowest BCUT2D eigenvalue weighted by molar-refractivity contribution is -0.144. The average Bonchev–Trinajstić information content (AvgIpc) is 3.69. The van der Waals surface area contributed by atoms with E-state index in [4.69, 9.17) is 18.9 Å². The van der Waals surface area contributed by atoms with Gasteiger partial charge in [-0.05, 0) is 67.4 Å². The maximum atomic E-state index is 13.7. The van der Waals surface area contributed by atoms with Crippen LogP contribution in [0.3, 0.4) is 0 Å². The van der Waals surface area contributed by atoms with Crippen LogP contribution in [0.4, 0.5) is 8.78 Å². The van der Waals surface area contributed by atoms with Crippen molar-refractivity contribution >= 4 is 22.7 Å². The zero-order chi connectivity index (χ0) is 30.8. The quantitative estimate of drug-likeness (QED) is 0.287. The van der Waals surface area contributed by atoms with Crippen molar-refractivity contribution in [3.05, 3.63) is 78.0 Å². The Balaban J connectivity index is 1.26. The number of amides is 2. The summed E-state index contributed by atoms with van der Waals surface area (Å²) in [6, 6.07) is 16.9. The smallest absolute Gasteiger partial charge is 0.321 e. The van der Waals surface area contributed by atoms with E-state index in [-0.39, 0.29) is 11.9 Å². The molecule has 0 saturated carbocycles. The third kappa shape index (κ3) is 6.30. The highest BCUT2D eigenvalue weighted by molar-refractivity contribution is 5.95. The summed E-state index contributed by atoms with van der Waals surface area (Å²) >= 11 is 0. The first-order valence-corrected chi connectivity index (χ1v) is 14.4. The summed E-state index contributed by atoms with van der Waals surface area (Å²) in [7, 11) is 0. The molecule has 12 heteroatoms. The van der Waals surface area contributed by atoms with Gasteiger partial charge in [0.25, 0.3) is 11.8 Å². The van der Waals surface area contributed by atoms with E-state index in [1.165, 1.54) is 0 Å². The number of hydrogen-bond donors (Lipinski definition) is 2. The summed E-state index contributed by atoms with van der Waals surface area (Å²) in [4.78, 5) is 25.0. The van der Waals surface area contributed by atoms with Gasteiger partial charge in [0.15, 0.2) is 11.5 Å². The van der Waals surface area contributed by atoms with Crippen molar-refractivity contribution < 1.29 is 37.3 Å². The molecular weight excluding hydrogens is 574 g/mol. The van der Waals surface area contributed by atoms with Crippen LogP contribution in [0.15, 0.2) is 66.9 Å². The van der Waals surface area contributed by atoms with Crippen LogP contribution in [-0.2, 0) is 9.53 Å². The monoisotopic (exact) mass is 606 g/mol. The average molecular weight is 607 g/mol. The molecule has 10 nitrogen and oxygen atoms in total. The van der Waals surface area contributed by atoms with Crippen LogP contribution in [0, 0.1) is 0 Å². The lowest BCUT2D eigenvalue weighted by Crippen LogP contribution is -2.46. The third-order valence-corrected chi connectivity index (χ3v) is 7.53. The molecule has 0 spiro atoms. The Morgan fingerprint density at radius 3 is 2.64 bits per heavy atom. The van der Waals surface area contributed by atoms with E-state index in [0.29, 0.717) is 67.4 Å². The van der Waals surface area contributed by atoms with Crippen LogP contribution in [0.2, 0.25) is 0 Å². The molecule has 2 N–H and O–H groups in total. The van der Waals surface area contributed by atoms with Crippen molar-refractivity contribution in [2.24, 2.45) is 0 Å². The van der Waals surface area contributed by atoms with Crippen LogP contribution in [0.25, 0.3) is 16.6 Å². The highest BCUT2D eigenvalue weighted by Crippen LogP contribution is 2.36. The summed E-state index contributed by atoms with van der Waals surface area (Å²) < 4.78 is 52.2. The first kappa shape index (κ1) is 29.4. The van der Waals surface area contributed by atoms with Gasteiger partial charge in [0.05, 0.1) is 36.1 Å². The Labute approximate surface area is 252 Å². The zero-order valence-corrected chi connectivity index (χ0v) is 24.2. The van der Waals surface area contributed by atoms with Crippen molar-refractivity contribution in [1.29, 1.82) is 0 Å². The first-order valence-electron chi connectivity index (χ1n) is 14.4. The number of ether oxygens (including phenoxy) is 4. The molecule has 2 aliphatic heterocycles. The van der Waals surface area contributed by atoms with Gasteiger partial charge in [-0.25, -0.2) is 4.68 Å². The second-order valence-electron chi connectivity index (χ2n) is 11.0. The predicted octanol–water partition coefficient (Wildman–Crippen LogP) is 4.60. The standard InChI is InChI=1S/C32H32F2N4O6/c1-19(36-31(40)32(2,33)34)29(20-6-9-27-28(16-20)43-13-12-42-27)44-25-7-8-26-22(15-25)17-35-38(26)24-5-3-4-21(14-24)30(39)37-23-10-11-41-18-23/h3-9,14-17,19,23,29H,10-13,18H2,1-2H3,(H,36,40)(H,37,39)/t19?,23-,29?/m0/s1. The second-order valence-corrected chi connectivity index (χ2v) is 11.0. The Bertz CT molecular complexity index is 1680. The molecule has 4 aromatic rings. The number of hydrogen-bond acceptors (Lipinski definition) is 7. The van der Waals surface area contributed by atoms with E-state index in [0.717, 1.165) is 17.3 Å². The van der Waals surface area contributed by atoms with Gasteiger partial charge in [-0.15, -0.1) is 0 Å². The molecule has 6 rings (SSSR count). The van der Waals surface area contributed by atoms with E-state index in [9.17, 15) is 18.4 Å². The fraction of sp³-hybridized carbons (Fsp3) is 0.344. The summed E-state index contributed by atoms with van der Waals surface area (Å²) in [5.74, 6) is -3.62. The van der Waals surface area contributed by atoms with E-state index in [1.807, 2.05) is 12.1 Å². The first-order chi connectivity index (χ1) is 21.2. The Hall–Kier alpha value is -4.71. The molecule has 3 atom stereocenters. The van der Waals surface area contributed by atoms with Gasteiger partial charge in [-0.1, -0.05) is 12.1 Å². The summed E-state index contributed by atoms with van der Waals surface area (Å²) in [6.45, 7) is 4.09. The number of benzene rings is 3. The van der Waals surface area contributed by atoms with Crippen LogP contribution in [-0.4, -0.2) is 66.0 Å². The summed E-state index contributed by atoms with van der Waals surface area (Å²) in [5, 5.41) is 10.7. The molecule has 1 saturated heterocycles. The maximum Gasteiger partial charge on any atom is 0.321 e. The number of carbonyl (C=O) groups excluding carboxylic acids is 2. The van der Waals surface area contributed by atoms with E-state index in [1.54, 1.807) is 66.3 Å². The molecule has 3 heterocycles. The van der Waals surface area contributed by atoms with Crippen LogP contribution in [0.5, 0.6) is 17.2 Å². The number of nitrogens with zero attached hydrogens (tertiary/aromatic N) is 2. The molecule has 2 unspecified atom stereocenters. The van der Waals surface area contributed by atoms with E-state index < -0.39 is 24.0 Å². The van der Waals surface area contributed by atoms with Gasteiger partial charge in [-0.3, -0.25) is 9.59 Å². The normalized spacial score (nSPS) is 17.6. The molecule has 2 aliphatic rings. The van der Waals surface area contributed by atoms with Crippen molar-refractivity contribution in [1.82, 2.24) is 20.4 Å². The van der Waals surface area contributed by atoms with Gasteiger partial charge in [0, 0.05) is 24.5 Å². The van der Waals surface area contributed by atoms with Crippen molar-refractivity contribution in [3.8, 4) is 22.9 Å². The fourth-order valence-electron chi connectivity index (χ4n) is 5.24. The third-order valence-electron chi connectivity index (χ3n) is 7.53. The molecule has 1 fully saturated rings. The van der Waals surface area contributed by atoms with Gasteiger partial charge < -0.3 is 29.6 Å². The van der Waals surface area contributed by atoms with Crippen LogP contribution in [0.1, 0.15) is 42.3 Å². The molecule has 0 radical (unpaired) electrons. The lowest BCUT2D eigenvalue weighted by atomic mass is 10.0. The SMILES string of the molecule is CC(NC(=O)C(C)(F)F)C(Oc1ccc2c(cnn2-c2cccc(C(=O)N[C@H]3CCOC3)c2)c1)c1ccc2c(c1)OCCO2. The minimum absolute atomic E-state index is 0.00407. The van der Waals surface area contributed by atoms with Crippen molar-refractivity contribution in [3.63, 3.8) is 0 Å². The number of nitrogens with one attached hydrogen (secondary N) is 2. The number of aromatic nitrogens is 2. The van der Waals surface area contributed by atoms with E-state index >= 15 is 0 Å². The topological polar surface area (TPSA) is 113 Å². The Morgan fingerprint density at radius 1 is 1.05 bits per heavy atom. The van der Waals surface area contributed by atoms with Crippen LogP contribution < -0.4 is 24.8 Å². The zero-order valence-electron chi connectivity index (χ0n) is 24.2. The molecule has 3 aromatic carbocycles. The number of carbonyl (C=O) groups is 2. The number of halogens is 2. The molecular formula is C32H32F2N4O6. The summed E-state index contributed by atoms with van der Waals surface area (Å²) in [6.07, 6.45) is 1.61.